The van der Waals surface area contributed by atoms with Crippen LogP contribution in [0, 0.1) is 0 Å². The van der Waals surface area contributed by atoms with Gasteiger partial charge < -0.3 is 10.2 Å². The maximum absolute atomic E-state index is 12.6. The third-order valence-corrected chi connectivity index (χ3v) is 4.99. The van der Waals surface area contributed by atoms with E-state index in [1.54, 1.807) is 42.3 Å². The number of nitrogens with zero attached hydrogens (tertiary/aromatic N) is 1. The van der Waals surface area contributed by atoms with Crippen LogP contribution in [0.4, 0.5) is 11.4 Å². The van der Waals surface area contributed by atoms with Crippen molar-refractivity contribution < 1.29 is 9.59 Å². The molecule has 0 aliphatic carbocycles. The highest BCUT2D eigenvalue weighted by Gasteiger charge is 2.28. The number of carbonyl (C=O) groups excluding carboxylic acids is 2. The Hall–Kier alpha value is -3.37. The molecule has 0 fully saturated rings. The minimum Gasteiger partial charge on any atom is -0.322 e. The van der Waals surface area contributed by atoms with E-state index in [1.807, 2.05) is 48.5 Å². The lowest BCUT2D eigenvalue weighted by molar-refractivity contribution is -0.112. The molecule has 3 aromatic carbocycles. The molecule has 138 valence electrons. The minimum atomic E-state index is -0.280. The van der Waals surface area contributed by atoms with Crippen LogP contribution in [0.5, 0.6) is 0 Å². The number of amides is 2. The van der Waals surface area contributed by atoms with Crippen LogP contribution in [0.2, 0.25) is 5.02 Å². The second kappa shape index (κ2) is 7.33. The Bertz CT molecular complexity index is 1120. The first-order chi connectivity index (χ1) is 13.5. The SMILES string of the molecule is CN1C(=O)/C(=C\c2cccc(NC(=O)c3ccccc3Cl)c2)c2ccccc21. The molecule has 0 aromatic heterocycles. The van der Waals surface area contributed by atoms with Crippen molar-refractivity contribution in [1.82, 2.24) is 0 Å². The van der Waals surface area contributed by atoms with Gasteiger partial charge in [-0.2, -0.15) is 0 Å². The zero-order valence-corrected chi connectivity index (χ0v) is 15.9. The largest absolute Gasteiger partial charge is 0.322 e. The number of hydrogen-bond donors (Lipinski definition) is 1. The van der Waals surface area contributed by atoms with Crippen LogP contribution in [0.15, 0.2) is 72.8 Å². The summed E-state index contributed by atoms with van der Waals surface area (Å²) in [7, 11) is 1.77. The highest BCUT2D eigenvalue weighted by Crippen LogP contribution is 2.36. The van der Waals surface area contributed by atoms with Crippen molar-refractivity contribution in [2.75, 3.05) is 17.3 Å². The number of carbonyl (C=O) groups is 2. The predicted octanol–water partition coefficient (Wildman–Crippen LogP) is 5.11. The highest BCUT2D eigenvalue weighted by molar-refractivity contribution is 6.36. The van der Waals surface area contributed by atoms with E-state index in [4.69, 9.17) is 11.6 Å². The first-order valence-corrected chi connectivity index (χ1v) is 9.17. The Labute approximate surface area is 168 Å². The molecule has 0 spiro atoms. The number of benzene rings is 3. The molecule has 5 heteroatoms. The van der Waals surface area contributed by atoms with Gasteiger partial charge in [0.25, 0.3) is 11.8 Å². The van der Waals surface area contributed by atoms with Crippen LogP contribution in [0.1, 0.15) is 21.5 Å². The van der Waals surface area contributed by atoms with Crippen molar-refractivity contribution in [3.63, 3.8) is 0 Å². The zero-order chi connectivity index (χ0) is 19.7. The molecule has 0 saturated heterocycles. The summed E-state index contributed by atoms with van der Waals surface area (Å²) in [6.07, 6.45) is 1.84. The molecular formula is C23H17ClN2O2. The molecule has 0 atom stereocenters. The number of likely N-dealkylation sites (N-methyl/N-ethyl adjacent to an activating group) is 1. The molecule has 0 bridgehead atoms. The van der Waals surface area contributed by atoms with Gasteiger partial charge in [-0.1, -0.05) is 54.1 Å². The van der Waals surface area contributed by atoms with Crippen LogP contribution >= 0.6 is 11.6 Å². The van der Waals surface area contributed by atoms with Crippen LogP contribution in [-0.2, 0) is 4.79 Å². The molecule has 2 amide bonds. The molecule has 1 heterocycles. The van der Waals surface area contributed by atoms with E-state index in [1.165, 1.54) is 0 Å². The van der Waals surface area contributed by atoms with Crippen LogP contribution in [0.3, 0.4) is 0 Å². The summed E-state index contributed by atoms with van der Waals surface area (Å²) in [5, 5.41) is 3.25. The average Bonchev–Trinajstić information content (AvgIpc) is 2.94. The highest BCUT2D eigenvalue weighted by atomic mass is 35.5. The molecular weight excluding hydrogens is 372 g/mol. The van der Waals surface area contributed by atoms with E-state index in [2.05, 4.69) is 5.32 Å². The van der Waals surface area contributed by atoms with E-state index in [0.29, 0.717) is 21.8 Å². The molecule has 0 radical (unpaired) electrons. The van der Waals surface area contributed by atoms with Gasteiger partial charge >= 0.3 is 0 Å². The quantitative estimate of drug-likeness (QED) is 0.634. The summed E-state index contributed by atoms with van der Waals surface area (Å²) in [5.74, 6) is -0.330. The summed E-state index contributed by atoms with van der Waals surface area (Å²) in [6, 6.07) is 21.9. The van der Waals surface area contributed by atoms with Gasteiger partial charge in [0, 0.05) is 23.9 Å². The van der Waals surface area contributed by atoms with Crippen LogP contribution < -0.4 is 10.2 Å². The van der Waals surface area contributed by atoms with Gasteiger partial charge in [0.1, 0.15) is 0 Å². The summed E-state index contributed by atoms with van der Waals surface area (Å²) in [4.78, 5) is 26.7. The van der Waals surface area contributed by atoms with Crippen molar-refractivity contribution >= 4 is 46.4 Å². The number of fused-ring (bicyclic) bond motifs is 1. The maximum atomic E-state index is 12.6. The van der Waals surface area contributed by atoms with Gasteiger partial charge in [0.2, 0.25) is 0 Å². The number of para-hydroxylation sites is 1. The first-order valence-electron chi connectivity index (χ1n) is 8.80. The van der Waals surface area contributed by atoms with Gasteiger partial charge in [-0.15, -0.1) is 0 Å². The predicted molar refractivity (Wildman–Crippen MR) is 114 cm³/mol. The lowest BCUT2D eigenvalue weighted by Crippen LogP contribution is -2.20. The fourth-order valence-corrected chi connectivity index (χ4v) is 3.48. The summed E-state index contributed by atoms with van der Waals surface area (Å²) in [5.41, 5.74) is 4.29. The van der Waals surface area contributed by atoms with E-state index in [-0.39, 0.29) is 11.8 Å². The molecule has 28 heavy (non-hydrogen) atoms. The molecule has 0 saturated carbocycles. The van der Waals surface area contributed by atoms with E-state index >= 15 is 0 Å². The lowest BCUT2D eigenvalue weighted by atomic mass is 10.0. The zero-order valence-electron chi connectivity index (χ0n) is 15.1. The monoisotopic (exact) mass is 388 g/mol. The Morgan fingerprint density at radius 2 is 1.75 bits per heavy atom. The molecule has 4 rings (SSSR count). The van der Waals surface area contributed by atoms with Gasteiger partial charge in [-0.05, 0) is 42.0 Å². The van der Waals surface area contributed by atoms with E-state index in [0.717, 1.165) is 16.8 Å². The minimum absolute atomic E-state index is 0.0493. The van der Waals surface area contributed by atoms with Gasteiger partial charge in [0.15, 0.2) is 0 Å². The normalized spacial score (nSPS) is 14.3. The van der Waals surface area contributed by atoms with Gasteiger partial charge in [-0.3, -0.25) is 9.59 Å². The van der Waals surface area contributed by atoms with Crippen molar-refractivity contribution in [2.24, 2.45) is 0 Å². The first kappa shape index (κ1) is 18.0. The topological polar surface area (TPSA) is 49.4 Å². The van der Waals surface area contributed by atoms with Gasteiger partial charge in [0.05, 0.1) is 16.3 Å². The average molecular weight is 389 g/mol. The van der Waals surface area contributed by atoms with Crippen molar-refractivity contribution in [3.8, 4) is 0 Å². The Balaban J connectivity index is 1.63. The van der Waals surface area contributed by atoms with Crippen molar-refractivity contribution in [2.45, 2.75) is 0 Å². The summed E-state index contributed by atoms with van der Waals surface area (Å²) >= 11 is 6.10. The molecule has 1 aliphatic heterocycles. The second-order valence-corrected chi connectivity index (χ2v) is 6.91. The third-order valence-electron chi connectivity index (χ3n) is 4.66. The number of rotatable bonds is 3. The smallest absolute Gasteiger partial charge is 0.258 e. The Morgan fingerprint density at radius 1 is 1.00 bits per heavy atom. The lowest BCUT2D eigenvalue weighted by Gasteiger charge is -2.08. The molecule has 1 aliphatic rings. The van der Waals surface area contributed by atoms with E-state index < -0.39 is 0 Å². The number of hydrogen-bond acceptors (Lipinski definition) is 2. The van der Waals surface area contributed by atoms with Gasteiger partial charge in [-0.25, -0.2) is 0 Å². The Morgan fingerprint density at radius 3 is 2.57 bits per heavy atom. The van der Waals surface area contributed by atoms with E-state index in [9.17, 15) is 9.59 Å². The fraction of sp³-hybridized carbons (Fsp3) is 0.0435. The number of halogens is 1. The maximum Gasteiger partial charge on any atom is 0.258 e. The second-order valence-electron chi connectivity index (χ2n) is 6.50. The summed E-state index contributed by atoms with van der Waals surface area (Å²) < 4.78 is 0. The third kappa shape index (κ3) is 3.30. The number of anilines is 2. The Kier molecular flexibility index (Phi) is 4.72. The molecule has 1 N–H and O–H groups in total. The van der Waals surface area contributed by atoms with Crippen molar-refractivity contribution in [1.29, 1.82) is 0 Å². The van der Waals surface area contributed by atoms with Crippen LogP contribution in [-0.4, -0.2) is 18.9 Å². The molecule has 3 aromatic rings. The molecule has 4 nitrogen and oxygen atoms in total. The standard InChI is InChI=1S/C23H17ClN2O2/c1-26-21-12-5-3-9-17(21)19(23(26)28)14-15-7-6-8-16(13-15)25-22(27)18-10-2-4-11-20(18)24/h2-14H,1H3,(H,25,27)/b19-14-. The summed E-state index contributed by atoms with van der Waals surface area (Å²) in [6.45, 7) is 0. The molecule has 0 unspecified atom stereocenters. The fourth-order valence-electron chi connectivity index (χ4n) is 3.26. The van der Waals surface area contributed by atoms with Crippen LogP contribution in [0.25, 0.3) is 11.6 Å². The van der Waals surface area contributed by atoms with Crippen molar-refractivity contribution in [3.05, 3.63) is 94.5 Å². The number of nitrogens with one attached hydrogen (secondary N) is 1.